The summed E-state index contributed by atoms with van der Waals surface area (Å²) in [6, 6.07) is 0. The minimum atomic E-state index is -6.00. The molecular formula is BF4FeN3O3-. The van der Waals surface area contributed by atoms with Crippen LogP contribution in [0.3, 0.4) is 0 Å². The molecule has 0 aromatic heterocycles. The normalized spacial score (nSPS) is 6.00. The maximum atomic E-state index is 9.75. The number of halogens is 4. The standard InChI is InChI=1S/BF4.Fe.3NO/c2-1(3,4)5;;3*1-2/q-1;;;;. The Morgan fingerprint density at radius 2 is 0.667 bits per heavy atom. The average molecular weight is 233 g/mol. The van der Waals surface area contributed by atoms with E-state index in [0.29, 0.717) is 0 Å². The van der Waals surface area contributed by atoms with Crippen LogP contribution in [-0.2, 0) is 17.1 Å². The number of nitroso groups, excluding NO2 is 3. The van der Waals surface area contributed by atoms with Crippen LogP contribution in [0.25, 0.3) is 0 Å². The molecule has 12 heteroatoms. The Morgan fingerprint density at radius 1 is 0.667 bits per heavy atom. The van der Waals surface area contributed by atoms with Crippen LogP contribution in [-0.4, -0.2) is 7.25 Å². The van der Waals surface area contributed by atoms with Crippen LogP contribution in [0.1, 0.15) is 0 Å². The second-order valence-electron chi connectivity index (χ2n) is 0.495. The molecule has 0 amide bonds. The van der Waals surface area contributed by atoms with Gasteiger partial charge in [-0.2, -0.15) is 0 Å². The summed E-state index contributed by atoms with van der Waals surface area (Å²) < 4.78 is 39.0. The minimum absolute atomic E-state index is 0. The van der Waals surface area contributed by atoms with E-state index in [-0.39, 0.29) is 17.1 Å². The molecule has 0 bridgehead atoms. The first-order valence-corrected chi connectivity index (χ1v) is 1.42. The maximum Gasteiger partial charge on any atom is 0.673 e. The second-order valence-corrected chi connectivity index (χ2v) is 0.495. The van der Waals surface area contributed by atoms with Gasteiger partial charge in [0.15, 0.2) is 0 Å². The van der Waals surface area contributed by atoms with Gasteiger partial charge in [0.05, 0.1) is 0 Å². The van der Waals surface area contributed by atoms with Crippen molar-refractivity contribution in [2.24, 2.45) is 0 Å². The van der Waals surface area contributed by atoms with Gasteiger partial charge in [-0.3, -0.25) is 0 Å². The predicted octanol–water partition coefficient (Wildman–Crippen LogP) is -0.0438. The van der Waals surface area contributed by atoms with E-state index in [1.54, 1.807) is 0 Å². The molecule has 0 spiro atoms. The summed E-state index contributed by atoms with van der Waals surface area (Å²) in [5.41, 5.74) is 17.2. The molecule has 0 fully saturated rings. The van der Waals surface area contributed by atoms with Gasteiger partial charge >= 0.3 is 7.25 Å². The fraction of sp³-hybridized carbons (Fsp3) is 0. The Kier molecular flexibility index (Phi) is 81.5. The molecule has 3 radical (unpaired) electrons. The molecule has 12 heavy (non-hydrogen) atoms. The molecule has 0 saturated carbocycles. The van der Waals surface area contributed by atoms with Crippen molar-refractivity contribution in [3.05, 3.63) is 14.7 Å². The molecule has 0 aromatic rings. The Labute approximate surface area is 74.0 Å². The van der Waals surface area contributed by atoms with Gasteiger partial charge in [0.2, 0.25) is 0 Å². The largest absolute Gasteiger partial charge is 0.673 e. The molecule has 0 aliphatic heterocycles. The van der Waals surface area contributed by atoms with Crippen molar-refractivity contribution in [2.45, 2.75) is 0 Å². The molecule has 73 valence electrons. The van der Waals surface area contributed by atoms with Gasteiger partial charge in [-0.25, -0.2) is 0 Å². The molecule has 0 unspecified atom stereocenters. The number of rotatable bonds is 0. The zero-order chi connectivity index (χ0) is 10.5. The van der Waals surface area contributed by atoms with Crippen LogP contribution < -0.4 is 16.8 Å². The van der Waals surface area contributed by atoms with Gasteiger partial charge < -0.3 is 17.3 Å². The molecular weight excluding hydrogens is 233 g/mol. The smallest absolute Gasteiger partial charge is 0.418 e. The van der Waals surface area contributed by atoms with Crippen LogP contribution in [0.2, 0.25) is 0 Å². The molecule has 0 heterocycles. The van der Waals surface area contributed by atoms with E-state index in [2.05, 4.69) is 0 Å². The summed E-state index contributed by atoms with van der Waals surface area (Å²) in [6.45, 7) is 0. The fourth-order valence-electron chi connectivity index (χ4n) is 0. The molecule has 0 N–H and O–H groups in total. The first-order chi connectivity index (χ1) is 5.00. The summed E-state index contributed by atoms with van der Waals surface area (Å²) in [4.78, 5) is 21.8. The Morgan fingerprint density at radius 3 is 0.667 bits per heavy atom. The van der Waals surface area contributed by atoms with Crippen molar-refractivity contribution in [2.75, 3.05) is 0 Å². The third kappa shape index (κ3) is 746. The Bertz CT molecular complexity index is 62.3. The quantitative estimate of drug-likeness (QED) is 0.430. The third-order valence-electron chi connectivity index (χ3n) is 0. The Balaban J connectivity index is -0.0000000203. The Hall–Kier alpha value is -0.896. The van der Waals surface area contributed by atoms with Gasteiger partial charge in [0, 0.05) is 17.1 Å². The van der Waals surface area contributed by atoms with Gasteiger partial charge in [-0.1, -0.05) is 0 Å². The van der Waals surface area contributed by atoms with Crippen LogP contribution in [0.4, 0.5) is 17.3 Å². The van der Waals surface area contributed by atoms with Gasteiger partial charge in [-0.05, 0) is 0 Å². The van der Waals surface area contributed by atoms with Crippen molar-refractivity contribution in [3.63, 3.8) is 0 Å². The molecule has 0 aromatic carbocycles. The zero-order valence-electron chi connectivity index (χ0n) is 5.01. The summed E-state index contributed by atoms with van der Waals surface area (Å²) in [7, 11) is -6.00. The molecule has 0 aliphatic rings. The van der Waals surface area contributed by atoms with E-state index in [0.717, 1.165) is 0 Å². The van der Waals surface area contributed by atoms with E-state index in [1.165, 1.54) is 0 Å². The molecule has 6 nitrogen and oxygen atoms in total. The van der Waals surface area contributed by atoms with Crippen molar-refractivity contribution in [1.29, 1.82) is 0 Å². The third-order valence-corrected chi connectivity index (χ3v) is 0. The first-order valence-electron chi connectivity index (χ1n) is 1.42. The zero-order valence-corrected chi connectivity index (χ0v) is 6.11. The molecule has 0 rings (SSSR count). The van der Waals surface area contributed by atoms with E-state index in [1.807, 2.05) is 0 Å². The summed E-state index contributed by atoms with van der Waals surface area (Å²) in [5.74, 6) is 0. The van der Waals surface area contributed by atoms with Crippen molar-refractivity contribution in [3.8, 4) is 0 Å². The average Bonchev–Trinajstić information content (AvgIpc) is 1.96. The van der Waals surface area contributed by atoms with Crippen molar-refractivity contribution in [1.82, 2.24) is 16.8 Å². The van der Waals surface area contributed by atoms with Crippen LogP contribution in [0, 0.1) is 14.7 Å². The van der Waals surface area contributed by atoms with Crippen LogP contribution >= 0.6 is 0 Å². The predicted molar refractivity (Wildman–Crippen MR) is 26.7 cm³/mol. The van der Waals surface area contributed by atoms with Crippen LogP contribution in [0.5, 0.6) is 0 Å². The number of nitrogens with zero attached hydrogens (tertiary/aromatic N) is 3. The minimum Gasteiger partial charge on any atom is -0.418 e. The topological polar surface area (TPSA) is 118 Å². The van der Waals surface area contributed by atoms with E-state index in [9.17, 15) is 17.3 Å². The summed E-state index contributed by atoms with van der Waals surface area (Å²) in [5, 5.41) is 0. The van der Waals surface area contributed by atoms with Gasteiger partial charge in [0.1, 0.15) is 16.8 Å². The molecule has 0 saturated heterocycles. The maximum absolute atomic E-state index is 9.75. The van der Waals surface area contributed by atoms with E-state index in [4.69, 9.17) is 31.5 Å². The van der Waals surface area contributed by atoms with E-state index >= 15 is 0 Å². The summed E-state index contributed by atoms with van der Waals surface area (Å²) in [6.07, 6.45) is 0. The van der Waals surface area contributed by atoms with Crippen molar-refractivity contribution < 1.29 is 34.3 Å². The first kappa shape index (κ1) is 30.4. The SMILES string of the molecule is F[B-](F)(F)F.[Fe].[N]=O.[N]=O.[N]=O. The second kappa shape index (κ2) is 32.1. The monoisotopic (exact) mass is 233 g/mol. The van der Waals surface area contributed by atoms with Gasteiger partial charge in [-0.15, -0.1) is 14.7 Å². The number of hydrogen-bond acceptors (Lipinski definition) is 3. The van der Waals surface area contributed by atoms with E-state index < -0.39 is 7.25 Å². The van der Waals surface area contributed by atoms with Crippen molar-refractivity contribution >= 4 is 7.25 Å². The van der Waals surface area contributed by atoms with Crippen LogP contribution in [0.15, 0.2) is 0 Å². The fourth-order valence-corrected chi connectivity index (χ4v) is 0. The number of hydrogen-bond donors (Lipinski definition) is 0. The molecule has 0 aliphatic carbocycles. The summed E-state index contributed by atoms with van der Waals surface area (Å²) >= 11 is 0. The van der Waals surface area contributed by atoms with Gasteiger partial charge in [0.25, 0.3) is 0 Å². The molecule has 0 atom stereocenters.